The van der Waals surface area contributed by atoms with Crippen LogP contribution in [0.1, 0.15) is 11.5 Å². The third kappa shape index (κ3) is 3.34. The van der Waals surface area contributed by atoms with Gasteiger partial charge in [0.2, 0.25) is 11.0 Å². The number of nitrogens with zero attached hydrogens (tertiary/aromatic N) is 4. The lowest BCUT2D eigenvalue weighted by atomic mass is 10.1. The summed E-state index contributed by atoms with van der Waals surface area (Å²) in [5, 5.41) is 8.98. The lowest BCUT2D eigenvalue weighted by Gasteiger charge is -2.03. The van der Waals surface area contributed by atoms with Gasteiger partial charge >= 0.3 is 0 Å². The second kappa shape index (κ2) is 7.05. The fraction of sp³-hybridized carbons (Fsp3) is 0.105. The first kappa shape index (κ1) is 16.4. The Labute approximate surface area is 155 Å². The normalized spacial score (nSPS) is 11.0. The summed E-state index contributed by atoms with van der Waals surface area (Å²) in [6.07, 6.45) is 1.73. The average molecular weight is 363 g/mol. The van der Waals surface area contributed by atoms with Gasteiger partial charge in [0.15, 0.2) is 11.6 Å². The van der Waals surface area contributed by atoms with Crippen molar-refractivity contribution in [3.05, 3.63) is 72.2 Å². The summed E-state index contributed by atoms with van der Waals surface area (Å²) < 4.78 is 7.30. The van der Waals surface area contributed by atoms with Crippen LogP contribution in [0.4, 0.5) is 0 Å². The quantitative estimate of drug-likeness (QED) is 0.427. The monoisotopic (exact) mass is 363 g/mol. The highest BCUT2D eigenvalue weighted by molar-refractivity contribution is 7.98. The Morgan fingerprint density at radius 3 is 2.54 bits per heavy atom. The standard InChI is InChI=1S/C19H17N5OS/c1-13-7-9-15(10-8-13)18-22-23-19(24(18)20)26-12-17-21-11-16(25-17)14-5-3-2-4-6-14/h2-11H,12,20H2,1H3. The first-order valence-corrected chi connectivity index (χ1v) is 9.10. The molecule has 7 heteroatoms. The van der Waals surface area contributed by atoms with Crippen molar-refractivity contribution in [2.24, 2.45) is 0 Å². The van der Waals surface area contributed by atoms with E-state index in [0.29, 0.717) is 22.6 Å². The first-order valence-electron chi connectivity index (χ1n) is 8.11. The second-order valence-electron chi connectivity index (χ2n) is 5.82. The van der Waals surface area contributed by atoms with Crippen LogP contribution in [0, 0.1) is 6.92 Å². The number of nitrogen functional groups attached to an aromatic ring is 1. The SMILES string of the molecule is Cc1ccc(-c2nnc(SCc3ncc(-c4ccccc4)o3)n2N)cc1. The Morgan fingerprint density at radius 1 is 1.00 bits per heavy atom. The van der Waals surface area contributed by atoms with Crippen LogP contribution in [0.3, 0.4) is 0 Å². The van der Waals surface area contributed by atoms with Gasteiger partial charge in [-0.1, -0.05) is 71.9 Å². The topological polar surface area (TPSA) is 82.8 Å². The van der Waals surface area contributed by atoms with Crippen molar-refractivity contribution >= 4 is 11.8 Å². The number of oxazole rings is 1. The molecule has 0 aliphatic heterocycles. The summed E-state index contributed by atoms with van der Waals surface area (Å²) in [5.74, 6) is 8.67. The van der Waals surface area contributed by atoms with Crippen molar-refractivity contribution in [2.75, 3.05) is 5.84 Å². The molecule has 0 radical (unpaired) electrons. The van der Waals surface area contributed by atoms with Crippen LogP contribution in [-0.2, 0) is 5.75 Å². The van der Waals surface area contributed by atoms with Gasteiger partial charge in [0.05, 0.1) is 11.9 Å². The largest absolute Gasteiger partial charge is 0.440 e. The van der Waals surface area contributed by atoms with Crippen molar-refractivity contribution in [1.29, 1.82) is 0 Å². The molecular weight excluding hydrogens is 346 g/mol. The highest BCUT2D eigenvalue weighted by Gasteiger charge is 2.14. The molecule has 6 nitrogen and oxygen atoms in total. The number of aryl methyl sites for hydroxylation is 1. The van der Waals surface area contributed by atoms with E-state index < -0.39 is 0 Å². The number of nitrogens with two attached hydrogens (primary N) is 1. The average Bonchev–Trinajstić information content (AvgIpc) is 3.29. The number of hydrogen-bond acceptors (Lipinski definition) is 6. The van der Waals surface area contributed by atoms with E-state index in [0.717, 1.165) is 16.9 Å². The summed E-state index contributed by atoms with van der Waals surface area (Å²) in [4.78, 5) is 4.33. The number of hydrogen-bond donors (Lipinski definition) is 1. The Kier molecular flexibility index (Phi) is 4.45. The maximum absolute atomic E-state index is 6.15. The molecule has 0 aliphatic rings. The minimum atomic E-state index is 0.524. The van der Waals surface area contributed by atoms with Crippen LogP contribution in [0.25, 0.3) is 22.7 Å². The molecule has 26 heavy (non-hydrogen) atoms. The molecule has 0 fully saturated rings. The van der Waals surface area contributed by atoms with Gasteiger partial charge < -0.3 is 10.3 Å². The molecule has 2 heterocycles. The third-order valence-electron chi connectivity index (χ3n) is 3.91. The van der Waals surface area contributed by atoms with Crippen LogP contribution in [0.5, 0.6) is 0 Å². The highest BCUT2D eigenvalue weighted by atomic mass is 32.2. The Bertz CT molecular complexity index is 1010. The Morgan fingerprint density at radius 2 is 1.77 bits per heavy atom. The van der Waals surface area contributed by atoms with Crippen LogP contribution < -0.4 is 5.84 Å². The molecule has 0 unspecified atom stereocenters. The molecular formula is C19H17N5OS. The third-order valence-corrected chi connectivity index (χ3v) is 4.84. The number of rotatable bonds is 5. The number of aromatic nitrogens is 4. The van der Waals surface area contributed by atoms with E-state index >= 15 is 0 Å². The summed E-state index contributed by atoms with van der Waals surface area (Å²) in [5.41, 5.74) is 3.12. The maximum atomic E-state index is 6.15. The fourth-order valence-corrected chi connectivity index (χ4v) is 3.22. The molecule has 2 N–H and O–H groups in total. The van der Waals surface area contributed by atoms with E-state index in [4.69, 9.17) is 10.3 Å². The van der Waals surface area contributed by atoms with Gasteiger partial charge in [-0.2, -0.15) is 0 Å². The van der Waals surface area contributed by atoms with Crippen LogP contribution in [0.2, 0.25) is 0 Å². The van der Waals surface area contributed by atoms with Crippen LogP contribution >= 0.6 is 11.8 Å². The van der Waals surface area contributed by atoms with E-state index in [2.05, 4.69) is 15.2 Å². The van der Waals surface area contributed by atoms with Crippen LogP contribution in [0.15, 0.2) is 70.4 Å². The minimum Gasteiger partial charge on any atom is -0.440 e. The van der Waals surface area contributed by atoms with Crippen molar-refractivity contribution in [3.8, 4) is 22.7 Å². The Balaban J connectivity index is 1.47. The lowest BCUT2D eigenvalue weighted by molar-refractivity contribution is 0.529. The molecule has 130 valence electrons. The van der Waals surface area contributed by atoms with E-state index in [1.165, 1.54) is 22.0 Å². The minimum absolute atomic E-state index is 0.524. The zero-order chi connectivity index (χ0) is 17.9. The predicted molar refractivity (Wildman–Crippen MR) is 102 cm³/mol. The lowest BCUT2D eigenvalue weighted by Crippen LogP contribution is -2.11. The smallest absolute Gasteiger partial charge is 0.210 e. The molecule has 0 saturated heterocycles. The van der Waals surface area contributed by atoms with Crippen molar-refractivity contribution in [3.63, 3.8) is 0 Å². The van der Waals surface area contributed by atoms with E-state index in [1.807, 2.05) is 61.5 Å². The molecule has 2 aromatic carbocycles. The first-order chi connectivity index (χ1) is 12.7. The molecule has 0 aliphatic carbocycles. The summed E-state index contributed by atoms with van der Waals surface area (Å²) in [6.45, 7) is 2.04. The van der Waals surface area contributed by atoms with E-state index in [9.17, 15) is 0 Å². The van der Waals surface area contributed by atoms with Gasteiger partial charge in [-0.25, -0.2) is 9.66 Å². The van der Waals surface area contributed by atoms with Crippen molar-refractivity contribution < 1.29 is 4.42 Å². The fourth-order valence-electron chi connectivity index (χ4n) is 2.51. The summed E-state index contributed by atoms with van der Waals surface area (Å²) >= 11 is 1.44. The summed E-state index contributed by atoms with van der Waals surface area (Å²) in [6, 6.07) is 17.9. The molecule has 0 atom stereocenters. The molecule has 0 saturated carbocycles. The zero-order valence-electron chi connectivity index (χ0n) is 14.2. The van der Waals surface area contributed by atoms with E-state index in [-0.39, 0.29) is 0 Å². The van der Waals surface area contributed by atoms with Crippen molar-refractivity contribution in [1.82, 2.24) is 19.9 Å². The molecule has 0 amide bonds. The highest BCUT2D eigenvalue weighted by Crippen LogP contribution is 2.26. The Hall–Kier alpha value is -3.06. The van der Waals surface area contributed by atoms with Crippen LogP contribution in [-0.4, -0.2) is 19.9 Å². The van der Waals surface area contributed by atoms with Crippen molar-refractivity contribution in [2.45, 2.75) is 17.8 Å². The van der Waals surface area contributed by atoms with Gasteiger partial charge in [-0.3, -0.25) is 0 Å². The van der Waals surface area contributed by atoms with Gasteiger partial charge in [0.1, 0.15) is 0 Å². The zero-order valence-corrected chi connectivity index (χ0v) is 15.0. The number of benzene rings is 2. The number of thioether (sulfide) groups is 1. The molecule has 0 bridgehead atoms. The predicted octanol–water partition coefficient (Wildman–Crippen LogP) is 3.91. The molecule has 4 aromatic rings. The second-order valence-corrected chi connectivity index (χ2v) is 6.76. The van der Waals surface area contributed by atoms with Gasteiger partial charge in [0, 0.05) is 11.1 Å². The van der Waals surface area contributed by atoms with E-state index in [1.54, 1.807) is 6.20 Å². The molecule has 2 aromatic heterocycles. The maximum Gasteiger partial charge on any atom is 0.210 e. The van der Waals surface area contributed by atoms with Gasteiger partial charge in [-0.15, -0.1) is 10.2 Å². The van der Waals surface area contributed by atoms with Gasteiger partial charge in [-0.05, 0) is 6.92 Å². The summed E-state index contributed by atoms with van der Waals surface area (Å²) in [7, 11) is 0. The molecule has 4 rings (SSSR count). The molecule has 0 spiro atoms. The van der Waals surface area contributed by atoms with Gasteiger partial charge in [0.25, 0.3) is 0 Å².